The fourth-order valence-electron chi connectivity index (χ4n) is 2.24. The lowest BCUT2D eigenvalue weighted by atomic mass is 10.2. The SMILES string of the molecule is O=C(Cn1nc(-c2ccccc2)oc1=O)OCc1nc(-c2ccsc2)no1. The Hall–Kier alpha value is -3.53. The van der Waals surface area contributed by atoms with Crippen LogP contribution in [0.1, 0.15) is 5.89 Å². The van der Waals surface area contributed by atoms with Crippen molar-refractivity contribution in [3.05, 3.63) is 63.6 Å². The van der Waals surface area contributed by atoms with Crippen LogP contribution in [0.15, 0.2) is 60.9 Å². The Labute approximate surface area is 155 Å². The van der Waals surface area contributed by atoms with Gasteiger partial charge >= 0.3 is 11.7 Å². The molecule has 0 fully saturated rings. The number of aromatic nitrogens is 4. The summed E-state index contributed by atoms with van der Waals surface area (Å²) in [5.74, 6) is -0.723. The predicted octanol–water partition coefficient (Wildman–Crippen LogP) is 2.36. The first kappa shape index (κ1) is 16.9. The molecule has 9 nitrogen and oxygen atoms in total. The van der Waals surface area contributed by atoms with Gasteiger partial charge < -0.3 is 13.7 Å². The van der Waals surface area contributed by atoms with Crippen LogP contribution < -0.4 is 5.76 Å². The van der Waals surface area contributed by atoms with E-state index in [4.69, 9.17) is 13.7 Å². The summed E-state index contributed by atoms with van der Waals surface area (Å²) in [5, 5.41) is 11.6. The van der Waals surface area contributed by atoms with E-state index in [-0.39, 0.29) is 24.9 Å². The summed E-state index contributed by atoms with van der Waals surface area (Å²) in [4.78, 5) is 28.0. The zero-order valence-electron chi connectivity index (χ0n) is 13.8. The molecule has 0 saturated heterocycles. The van der Waals surface area contributed by atoms with Gasteiger partial charge in [-0.05, 0) is 23.6 Å². The standard InChI is InChI=1S/C17H12N4O5S/c22-14(24-9-13-18-15(20-26-13)12-6-7-27-10-12)8-21-17(23)25-16(19-21)11-4-2-1-3-5-11/h1-7,10H,8-9H2. The predicted molar refractivity (Wildman–Crippen MR) is 93.6 cm³/mol. The number of ether oxygens (including phenoxy) is 1. The van der Waals surface area contributed by atoms with Crippen LogP contribution in [0.5, 0.6) is 0 Å². The molecule has 27 heavy (non-hydrogen) atoms. The van der Waals surface area contributed by atoms with Crippen LogP contribution in [0.2, 0.25) is 0 Å². The largest absolute Gasteiger partial charge is 0.454 e. The summed E-state index contributed by atoms with van der Waals surface area (Å²) in [6.45, 7) is -0.588. The topological polar surface area (TPSA) is 113 Å². The number of esters is 1. The third-order valence-corrected chi connectivity index (χ3v) is 4.19. The molecule has 10 heteroatoms. The summed E-state index contributed by atoms with van der Waals surface area (Å²) in [5.41, 5.74) is 1.46. The van der Waals surface area contributed by atoms with Gasteiger partial charge in [-0.15, -0.1) is 5.10 Å². The minimum Gasteiger partial charge on any atom is -0.454 e. The van der Waals surface area contributed by atoms with Gasteiger partial charge in [0, 0.05) is 16.5 Å². The molecule has 4 rings (SSSR count). The van der Waals surface area contributed by atoms with E-state index in [2.05, 4.69) is 15.2 Å². The number of thiophene rings is 1. The van der Waals surface area contributed by atoms with Crippen molar-refractivity contribution in [3.8, 4) is 22.8 Å². The van der Waals surface area contributed by atoms with Crippen LogP contribution >= 0.6 is 11.3 Å². The van der Waals surface area contributed by atoms with Gasteiger partial charge in [-0.1, -0.05) is 23.4 Å². The normalized spacial score (nSPS) is 10.8. The molecule has 0 atom stereocenters. The average molecular weight is 384 g/mol. The van der Waals surface area contributed by atoms with Crippen molar-refractivity contribution in [1.82, 2.24) is 19.9 Å². The molecule has 0 N–H and O–H groups in total. The molecule has 0 saturated carbocycles. The molecular weight excluding hydrogens is 372 g/mol. The Balaban J connectivity index is 1.37. The van der Waals surface area contributed by atoms with E-state index >= 15 is 0 Å². The molecule has 0 amide bonds. The lowest BCUT2D eigenvalue weighted by Crippen LogP contribution is -2.23. The summed E-state index contributed by atoms with van der Waals surface area (Å²) >= 11 is 1.51. The van der Waals surface area contributed by atoms with Crippen molar-refractivity contribution in [3.63, 3.8) is 0 Å². The van der Waals surface area contributed by atoms with E-state index in [0.29, 0.717) is 11.4 Å². The summed E-state index contributed by atoms with van der Waals surface area (Å²) < 4.78 is 16.1. The highest BCUT2D eigenvalue weighted by atomic mass is 32.1. The second-order valence-corrected chi connectivity index (χ2v) is 6.16. The van der Waals surface area contributed by atoms with Gasteiger partial charge in [0.15, 0.2) is 6.61 Å². The molecule has 0 radical (unpaired) electrons. The summed E-state index contributed by atoms with van der Waals surface area (Å²) in [6, 6.07) is 10.8. The molecule has 0 spiro atoms. The number of rotatable bonds is 6. The third-order valence-electron chi connectivity index (χ3n) is 3.51. The second-order valence-electron chi connectivity index (χ2n) is 5.38. The highest BCUT2D eigenvalue weighted by Gasteiger charge is 2.15. The Morgan fingerprint density at radius 3 is 2.81 bits per heavy atom. The first-order valence-corrected chi connectivity index (χ1v) is 8.77. The van der Waals surface area contributed by atoms with Gasteiger partial charge in [-0.2, -0.15) is 21.0 Å². The quantitative estimate of drug-likeness (QED) is 0.466. The van der Waals surface area contributed by atoms with E-state index in [1.807, 2.05) is 22.9 Å². The van der Waals surface area contributed by atoms with Crippen LogP contribution in [0.4, 0.5) is 0 Å². The lowest BCUT2D eigenvalue weighted by Gasteiger charge is -2.00. The number of carbonyl (C=O) groups is 1. The van der Waals surface area contributed by atoms with E-state index < -0.39 is 11.7 Å². The van der Waals surface area contributed by atoms with Crippen molar-refractivity contribution < 1.29 is 18.5 Å². The second kappa shape index (κ2) is 7.38. The molecule has 0 aliphatic rings. The van der Waals surface area contributed by atoms with Crippen molar-refractivity contribution in [2.75, 3.05) is 0 Å². The Kier molecular flexibility index (Phi) is 4.62. The van der Waals surface area contributed by atoms with Crippen LogP contribution in [-0.4, -0.2) is 25.9 Å². The van der Waals surface area contributed by atoms with Gasteiger partial charge in [0.05, 0.1) is 0 Å². The maximum absolute atomic E-state index is 12.0. The number of hydrogen-bond acceptors (Lipinski definition) is 9. The highest BCUT2D eigenvalue weighted by molar-refractivity contribution is 7.08. The van der Waals surface area contributed by atoms with Gasteiger partial charge in [-0.25, -0.2) is 4.79 Å². The van der Waals surface area contributed by atoms with Crippen molar-refractivity contribution in [2.45, 2.75) is 13.2 Å². The third kappa shape index (κ3) is 3.85. The molecule has 136 valence electrons. The molecule has 3 aromatic heterocycles. The van der Waals surface area contributed by atoms with E-state index in [1.165, 1.54) is 11.3 Å². The zero-order chi connectivity index (χ0) is 18.6. The molecule has 0 bridgehead atoms. The monoisotopic (exact) mass is 384 g/mol. The molecule has 0 aliphatic carbocycles. The molecule has 4 aromatic rings. The average Bonchev–Trinajstić information content (AvgIpc) is 3.42. The minimum absolute atomic E-state index is 0.130. The van der Waals surface area contributed by atoms with Gasteiger partial charge in [0.2, 0.25) is 11.7 Å². The molecule has 0 aliphatic heterocycles. The fraction of sp³-hybridized carbons (Fsp3) is 0.118. The van der Waals surface area contributed by atoms with Gasteiger partial charge in [0.1, 0.15) is 6.54 Å². The molecule has 0 unspecified atom stereocenters. The van der Waals surface area contributed by atoms with E-state index in [9.17, 15) is 9.59 Å². The van der Waals surface area contributed by atoms with Crippen LogP contribution in [0, 0.1) is 0 Å². The maximum Gasteiger partial charge on any atom is 0.437 e. The first-order valence-electron chi connectivity index (χ1n) is 7.83. The summed E-state index contributed by atoms with van der Waals surface area (Å²) in [7, 11) is 0. The Bertz CT molecular complexity index is 1100. The van der Waals surface area contributed by atoms with Crippen molar-refractivity contribution in [1.29, 1.82) is 0 Å². The van der Waals surface area contributed by atoms with E-state index in [0.717, 1.165) is 10.2 Å². The van der Waals surface area contributed by atoms with Crippen LogP contribution in [0.3, 0.4) is 0 Å². The number of benzene rings is 1. The molecule has 1 aromatic carbocycles. The fourth-order valence-corrected chi connectivity index (χ4v) is 2.87. The Morgan fingerprint density at radius 1 is 1.19 bits per heavy atom. The summed E-state index contributed by atoms with van der Waals surface area (Å²) in [6.07, 6.45) is 0. The number of hydrogen-bond donors (Lipinski definition) is 0. The van der Waals surface area contributed by atoms with Crippen molar-refractivity contribution >= 4 is 17.3 Å². The van der Waals surface area contributed by atoms with E-state index in [1.54, 1.807) is 24.3 Å². The van der Waals surface area contributed by atoms with Gasteiger partial charge in [-0.3, -0.25) is 4.79 Å². The zero-order valence-corrected chi connectivity index (χ0v) is 14.6. The molecular formula is C17H12N4O5S. The molecule has 3 heterocycles. The van der Waals surface area contributed by atoms with Crippen molar-refractivity contribution in [2.24, 2.45) is 0 Å². The smallest absolute Gasteiger partial charge is 0.437 e. The number of nitrogens with zero attached hydrogens (tertiary/aromatic N) is 4. The van der Waals surface area contributed by atoms with Gasteiger partial charge in [0.25, 0.3) is 5.89 Å². The minimum atomic E-state index is -0.747. The lowest BCUT2D eigenvalue weighted by molar-refractivity contribution is -0.146. The number of carbonyl (C=O) groups excluding carboxylic acids is 1. The van der Waals surface area contributed by atoms with Crippen LogP contribution in [-0.2, 0) is 22.7 Å². The maximum atomic E-state index is 12.0. The van der Waals surface area contributed by atoms with Crippen LogP contribution in [0.25, 0.3) is 22.8 Å². The Morgan fingerprint density at radius 2 is 2.04 bits per heavy atom. The highest BCUT2D eigenvalue weighted by Crippen LogP contribution is 2.19. The first-order chi connectivity index (χ1) is 13.2.